The molecule has 1 N–H and O–H groups in total. The van der Waals surface area contributed by atoms with E-state index in [4.69, 9.17) is 16.3 Å². The maximum absolute atomic E-state index is 6.44. The van der Waals surface area contributed by atoms with E-state index in [1.165, 1.54) is 12.8 Å². The first kappa shape index (κ1) is 16.8. The molecule has 0 bridgehead atoms. The third kappa shape index (κ3) is 3.43. The second kappa shape index (κ2) is 7.12. The average molecular weight is 314 g/mol. The van der Waals surface area contributed by atoms with Gasteiger partial charge in [-0.25, -0.2) is 0 Å². The van der Waals surface area contributed by atoms with Crippen LogP contribution in [0.2, 0.25) is 5.02 Å². The molecule has 0 amide bonds. The van der Waals surface area contributed by atoms with Gasteiger partial charge in [0.1, 0.15) is 0 Å². The van der Waals surface area contributed by atoms with Gasteiger partial charge in [0.05, 0.1) is 22.0 Å². The molecule has 1 atom stereocenters. The number of likely N-dealkylation sites (N-methyl/N-ethyl adjacent to an activating group) is 1. The molecular formula is C16H28ClN3O. The number of hydrogen-bond acceptors (Lipinski definition) is 3. The Morgan fingerprint density at radius 3 is 2.52 bits per heavy atom. The van der Waals surface area contributed by atoms with Gasteiger partial charge in [-0.1, -0.05) is 31.4 Å². The van der Waals surface area contributed by atoms with E-state index < -0.39 is 0 Å². The van der Waals surface area contributed by atoms with Crippen LogP contribution < -0.4 is 5.32 Å². The number of nitrogens with zero attached hydrogens (tertiary/aromatic N) is 2. The Balaban J connectivity index is 2.25. The summed E-state index contributed by atoms with van der Waals surface area (Å²) in [6, 6.07) is 0.289. The number of rotatable bonds is 7. The van der Waals surface area contributed by atoms with Crippen molar-refractivity contribution in [3.8, 4) is 0 Å². The van der Waals surface area contributed by atoms with Gasteiger partial charge in [-0.05, 0) is 33.2 Å². The third-order valence-electron chi connectivity index (χ3n) is 4.63. The number of hydrogen-bond donors (Lipinski definition) is 1. The van der Waals surface area contributed by atoms with Crippen molar-refractivity contribution in [3.63, 3.8) is 0 Å². The molecule has 0 spiro atoms. The lowest BCUT2D eigenvalue weighted by Crippen LogP contribution is -2.52. The van der Waals surface area contributed by atoms with Gasteiger partial charge in [0.2, 0.25) is 0 Å². The molecule has 1 aliphatic carbocycles. The van der Waals surface area contributed by atoms with Gasteiger partial charge in [0, 0.05) is 26.1 Å². The third-order valence-corrected chi connectivity index (χ3v) is 5.12. The van der Waals surface area contributed by atoms with E-state index in [0.29, 0.717) is 0 Å². The van der Waals surface area contributed by atoms with Crippen molar-refractivity contribution in [2.75, 3.05) is 13.2 Å². The van der Waals surface area contributed by atoms with Crippen molar-refractivity contribution < 1.29 is 4.74 Å². The topological polar surface area (TPSA) is 39.1 Å². The summed E-state index contributed by atoms with van der Waals surface area (Å²) in [6.45, 7) is 7.90. The average Bonchev–Trinajstić information content (AvgIpc) is 3.00. The monoisotopic (exact) mass is 313 g/mol. The summed E-state index contributed by atoms with van der Waals surface area (Å²) in [4.78, 5) is 0. The van der Waals surface area contributed by atoms with Gasteiger partial charge in [-0.2, -0.15) is 5.10 Å². The first-order valence-corrected chi connectivity index (χ1v) is 8.47. The predicted molar refractivity (Wildman–Crippen MR) is 86.9 cm³/mol. The van der Waals surface area contributed by atoms with Crippen LogP contribution in [0.25, 0.3) is 0 Å². The zero-order valence-corrected chi connectivity index (χ0v) is 14.5. The van der Waals surface area contributed by atoms with Gasteiger partial charge >= 0.3 is 0 Å². The number of aryl methyl sites for hydroxylation is 2. The summed E-state index contributed by atoms with van der Waals surface area (Å²) >= 11 is 6.44. The molecular weight excluding hydrogens is 286 g/mol. The van der Waals surface area contributed by atoms with Crippen LogP contribution in [0, 0.1) is 6.92 Å². The first-order valence-electron chi connectivity index (χ1n) is 8.09. The zero-order valence-electron chi connectivity index (χ0n) is 13.7. The zero-order chi connectivity index (χ0) is 15.5. The molecule has 120 valence electrons. The standard InChI is InChI=1S/C16H28ClN3O/c1-5-18-14(16(21-6-2)9-7-8-10-16)11-13-15(17)12(3)19-20(13)4/h14,18H,5-11H2,1-4H3. The minimum atomic E-state index is -0.0493. The lowest BCUT2D eigenvalue weighted by Gasteiger charge is -2.38. The van der Waals surface area contributed by atoms with E-state index in [9.17, 15) is 0 Å². The Kier molecular flexibility index (Phi) is 5.69. The number of aromatic nitrogens is 2. The van der Waals surface area contributed by atoms with Crippen molar-refractivity contribution in [3.05, 3.63) is 16.4 Å². The Labute approximate surface area is 133 Å². The highest BCUT2D eigenvalue weighted by Gasteiger charge is 2.42. The van der Waals surface area contributed by atoms with Crippen LogP contribution >= 0.6 is 11.6 Å². The lowest BCUT2D eigenvalue weighted by atomic mass is 9.88. The van der Waals surface area contributed by atoms with Crippen LogP contribution in [0.4, 0.5) is 0 Å². The highest BCUT2D eigenvalue weighted by atomic mass is 35.5. The number of halogens is 1. The van der Waals surface area contributed by atoms with Crippen LogP contribution in [0.1, 0.15) is 50.9 Å². The van der Waals surface area contributed by atoms with Crippen LogP contribution in [0.3, 0.4) is 0 Å². The van der Waals surface area contributed by atoms with E-state index in [1.807, 2.05) is 18.7 Å². The molecule has 1 saturated carbocycles. The van der Waals surface area contributed by atoms with E-state index in [2.05, 4.69) is 24.3 Å². The Morgan fingerprint density at radius 1 is 1.38 bits per heavy atom. The van der Waals surface area contributed by atoms with Crippen molar-refractivity contribution in [2.45, 2.75) is 64.5 Å². The van der Waals surface area contributed by atoms with Crippen LogP contribution in [-0.2, 0) is 18.2 Å². The lowest BCUT2D eigenvalue weighted by molar-refractivity contribution is -0.0612. The fourth-order valence-corrected chi connectivity index (χ4v) is 3.88. The van der Waals surface area contributed by atoms with E-state index in [1.54, 1.807) is 0 Å². The molecule has 1 fully saturated rings. The van der Waals surface area contributed by atoms with E-state index >= 15 is 0 Å². The Bertz CT molecular complexity index is 466. The molecule has 1 aromatic rings. The van der Waals surface area contributed by atoms with Gasteiger partial charge in [0.15, 0.2) is 0 Å². The first-order chi connectivity index (χ1) is 10.0. The molecule has 0 radical (unpaired) electrons. The molecule has 1 aliphatic rings. The Hall–Kier alpha value is -0.580. The second-order valence-corrected chi connectivity index (χ2v) is 6.37. The highest BCUT2D eigenvalue weighted by molar-refractivity contribution is 6.31. The van der Waals surface area contributed by atoms with Crippen molar-refractivity contribution in [2.24, 2.45) is 7.05 Å². The summed E-state index contributed by atoms with van der Waals surface area (Å²) in [5.41, 5.74) is 1.96. The predicted octanol–water partition coefficient (Wildman–Crippen LogP) is 3.25. The minimum Gasteiger partial charge on any atom is -0.374 e. The number of ether oxygens (including phenoxy) is 1. The molecule has 21 heavy (non-hydrogen) atoms. The molecule has 1 heterocycles. The maximum atomic E-state index is 6.44. The van der Waals surface area contributed by atoms with E-state index in [0.717, 1.165) is 48.8 Å². The second-order valence-electron chi connectivity index (χ2n) is 5.99. The fraction of sp³-hybridized carbons (Fsp3) is 0.812. The molecule has 0 saturated heterocycles. The van der Waals surface area contributed by atoms with Crippen molar-refractivity contribution in [1.29, 1.82) is 0 Å². The minimum absolute atomic E-state index is 0.0493. The largest absolute Gasteiger partial charge is 0.374 e. The van der Waals surface area contributed by atoms with Crippen LogP contribution in [0.15, 0.2) is 0 Å². The molecule has 0 aliphatic heterocycles. The molecule has 1 unspecified atom stereocenters. The molecule has 4 nitrogen and oxygen atoms in total. The van der Waals surface area contributed by atoms with Crippen LogP contribution in [0.5, 0.6) is 0 Å². The fourth-order valence-electron chi connectivity index (χ4n) is 3.64. The maximum Gasteiger partial charge on any atom is 0.0847 e. The number of nitrogens with one attached hydrogen (secondary N) is 1. The van der Waals surface area contributed by atoms with Gasteiger partial charge in [0.25, 0.3) is 0 Å². The summed E-state index contributed by atoms with van der Waals surface area (Å²) in [5, 5.41) is 8.87. The molecule has 1 aromatic heterocycles. The van der Waals surface area contributed by atoms with Gasteiger partial charge in [-0.15, -0.1) is 0 Å². The normalized spacial score (nSPS) is 19.1. The van der Waals surface area contributed by atoms with E-state index in [-0.39, 0.29) is 11.6 Å². The van der Waals surface area contributed by atoms with Gasteiger partial charge in [-0.3, -0.25) is 4.68 Å². The molecule has 2 rings (SSSR count). The van der Waals surface area contributed by atoms with Crippen LogP contribution in [-0.4, -0.2) is 34.6 Å². The quantitative estimate of drug-likeness (QED) is 0.840. The molecule has 5 heteroatoms. The summed E-state index contributed by atoms with van der Waals surface area (Å²) in [6.07, 6.45) is 5.63. The smallest absolute Gasteiger partial charge is 0.0847 e. The summed E-state index contributed by atoms with van der Waals surface area (Å²) in [7, 11) is 1.97. The Morgan fingerprint density at radius 2 is 2.05 bits per heavy atom. The highest BCUT2D eigenvalue weighted by Crippen LogP contribution is 2.38. The SMILES string of the molecule is CCNC(Cc1c(Cl)c(C)nn1C)C1(OCC)CCCC1. The summed E-state index contributed by atoms with van der Waals surface area (Å²) in [5.74, 6) is 0. The summed E-state index contributed by atoms with van der Waals surface area (Å²) < 4.78 is 8.14. The van der Waals surface area contributed by atoms with Gasteiger partial charge < -0.3 is 10.1 Å². The molecule has 0 aromatic carbocycles. The van der Waals surface area contributed by atoms with Crippen molar-refractivity contribution in [1.82, 2.24) is 15.1 Å². The van der Waals surface area contributed by atoms with Crippen molar-refractivity contribution >= 4 is 11.6 Å².